The fourth-order valence-corrected chi connectivity index (χ4v) is 4.45. The molecule has 0 amide bonds. The van der Waals surface area contributed by atoms with Gasteiger partial charge in [-0.1, -0.05) is 25.0 Å². The Labute approximate surface area is 202 Å². The average Bonchev–Trinajstić information content (AvgIpc) is 3.62. The van der Waals surface area contributed by atoms with Crippen molar-refractivity contribution < 1.29 is 8.83 Å². The van der Waals surface area contributed by atoms with Crippen LogP contribution in [0.15, 0.2) is 74.7 Å². The van der Waals surface area contributed by atoms with Gasteiger partial charge in [-0.25, -0.2) is 4.68 Å². The molecule has 0 saturated heterocycles. The van der Waals surface area contributed by atoms with Crippen LogP contribution >= 0.6 is 0 Å². The van der Waals surface area contributed by atoms with Crippen molar-refractivity contribution in [3.05, 3.63) is 99.9 Å². The highest BCUT2D eigenvalue weighted by molar-refractivity contribution is 5.79. The first-order valence-corrected chi connectivity index (χ1v) is 11.8. The van der Waals surface area contributed by atoms with E-state index in [1.54, 1.807) is 17.2 Å². The number of nitrogens with zero attached hydrogens (tertiary/aromatic N) is 5. The predicted octanol–water partition coefficient (Wildman–Crippen LogP) is 4.60. The van der Waals surface area contributed by atoms with Crippen LogP contribution in [0.5, 0.6) is 0 Å². The number of hydrogen-bond acceptors (Lipinski definition) is 7. The number of nitrogens with one attached hydrogen (secondary N) is 1. The molecule has 35 heavy (non-hydrogen) atoms. The van der Waals surface area contributed by atoms with E-state index in [-0.39, 0.29) is 11.6 Å². The zero-order chi connectivity index (χ0) is 24.2. The van der Waals surface area contributed by atoms with E-state index >= 15 is 0 Å². The van der Waals surface area contributed by atoms with Gasteiger partial charge in [-0.05, 0) is 71.6 Å². The maximum Gasteiger partial charge on any atom is 0.252 e. The van der Waals surface area contributed by atoms with E-state index in [0.717, 1.165) is 46.7 Å². The van der Waals surface area contributed by atoms with E-state index in [1.807, 2.05) is 49.4 Å². The van der Waals surface area contributed by atoms with Crippen molar-refractivity contribution in [1.82, 2.24) is 30.1 Å². The van der Waals surface area contributed by atoms with Gasteiger partial charge in [0, 0.05) is 17.6 Å². The van der Waals surface area contributed by atoms with E-state index in [2.05, 4.69) is 38.4 Å². The van der Waals surface area contributed by atoms with Gasteiger partial charge in [0.2, 0.25) is 0 Å². The monoisotopic (exact) mass is 472 g/mol. The Balaban J connectivity index is 1.53. The molecular weight excluding hydrogens is 444 g/mol. The third-order valence-corrected chi connectivity index (χ3v) is 6.14. The van der Waals surface area contributed by atoms with Crippen molar-refractivity contribution in [3.8, 4) is 0 Å². The third kappa shape index (κ3) is 5.09. The minimum Gasteiger partial charge on any atom is -0.468 e. The molecule has 9 nitrogen and oxygen atoms in total. The van der Waals surface area contributed by atoms with Crippen molar-refractivity contribution in [2.24, 2.45) is 0 Å². The summed E-state index contributed by atoms with van der Waals surface area (Å²) in [6.45, 7) is 5.53. The molecule has 4 aromatic heterocycles. The molecule has 0 unspecified atom stereocenters. The molecule has 0 fully saturated rings. The zero-order valence-electron chi connectivity index (χ0n) is 19.8. The van der Waals surface area contributed by atoms with Crippen LogP contribution in [0.25, 0.3) is 10.9 Å². The summed E-state index contributed by atoms with van der Waals surface area (Å²) >= 11 is 0. The van der Waals surface area contributed by atoms with Gasteiger partial charge in [0.05, 0.1) is 25.1 Å². The van der Waals surface area contributed by atoms with Crippen LogP contribution in [0.2, 0.25) is 0 Å². The second-order valence-corrected chi connectivity index (χ2v) is 8.78. The van der Waals surface area contributed by atoms with E-state index in [0.29, 0.717) is 25.2 Å². The summed E-state index contributed by atoms with van der Waals surface area (Å²) in [5.74, 6) is 2.31. The Kier molecular flexibility index (Phi) is 6.58. The van der Waals surface area contributed by atoms with Gasteiger partial charge in [0.15, 0.2) is 5.82 Å². The number of aromatic amines is 1. The summed E-state index contributed by atoms with van der Waals surface area (Å²) in [6, 6.07) is 15.4. The Bertz CT molecular complexity index is 1440. The number of H-pyrrole nitrogens is 1. The molecule has 1 N–H and O–H groups in total. The lowest BCUT2D eigenvalue weighted by Crippen LogP contribution is -2.32. The quantitative estimate of drug-likeness (QED) is 0.317. The maximum absolute atomic E-state index is 13.0. The van der Waals surface area contributed by atoms with Crippen molar-refractivity contribution >= 4 is 10.9 Å². The minimum atomic E-state index is -0.136. The molecule has 0 saturated carbocycles. The van der Waals surface area contributed by atoms with Crippen molar-refractivity contribution in [1.29, 1.82) is 0 Å². The normalized spacial score (nSPS) is 12.5. The Hall–Kier alpha value is -3.98. The van der Waals surface area contributed by atoms with Gasteiger partial charge in [0.1, 0.15) is 18.1 Å². The fraction of sp³-hybridized carbons (Fsp3) is 0.308. The van der Waals surface area contributed by atoms with Crippen molar-refractivity contribution in [2.45, 2.75) is 52.4 Å². The molecule has 0 bridgehead atoms. The van der Waals surface area contributed by atoms with Crippen LogP contribution in [0.4, 0.5) is 0 Å². The van der Waals surface area contributed by atoms with Gasteiger partial charge >= 0.3 is 0 Å². The number of aryl methyl sites for hydroxylation is 1. The smallest absolute Gasteiger partial charge is 0.252 e. The molecule has 1 atom stereocenters. The zero-order valence-corrected chi connectivity index (χ0v) is 19.8. The van der Waals surface area contributed by atoms with Crippen molar-refractivity contribution in [2.75, 3.05) is 0 Å². The number of furan rings is 2. The Morgan fingerprint density at radius 2 is 1.86 bits per heavy atom. The van der Waals surface area contributed by atoms with E-state index in [1.165, 1.54) is 0 Å². The molecule has 180 valence electrons. The van der Waals surface area contributed by atoms with Gasteiger partial charge in [-0.3, -0.25) is 9.69 Å². The lowest BCUT2D eigenvalue weighted by atomic mass is 10.1. The molecular formula is C26H28N6O3. The first kappa shape index (κ1) is 22.8. The summed E-state index contributed by atoms with van der Waals surface area (Å²) in [5.41, 5.74) is 2.55. The second kappa shape index (κ2) is 10.1. The average molecular weight is 473 g/mol. The lowest BCUT2D eigenvalue weighted by Gasteiger charge is -2.30. The summed E-state index contributed by atoms with van der Waals surface area (Å²) < 4.78 is 13.0. The Morgan fingerprint density at radius 1 is 1.06 bits per heavy atom. The summed E-state index contributed by atoms with van der Waals surface area (Å²) in [7, 11) is 0. The maximum atomic E-state index is 13.0. The molecule has 5 rings (SSSR count). The summed E-state index contributed by atoms with van der Waals surface area (Å²) in [4.78, 5) is 18.3. The van der Waals surface area contributed by atoms with Crippen LogP contribution in [-0.2, 0) is 19.6 Å². The summed E-state index contributed by atoms with van der Waals surface area (Å²) in [6.07, 6.45) is 5.03. The predicted molar refractivity (Wildman–Crippen MR) is 131 cm³/mol. The number of benzene rings is 1. The van der Waals surface area contributed by atoms with Crippen LogP contribution in [0, 0.1) is 6.92 Å². The fourth-order valence-electron chi connectivity index (χ4n) is 4.45. The van der Waals surface area contributed by atoms with Crippen LogP contribution < -0.4 is 5.56 Å². The molecule has 5 aromatic rings. The SMILES string of the molecule is CCC[C@@H](c1nnnn1Cc1ccco1)N(Cc1ccco1)Cc1cc2cc(C)ccc2[nH]c1=O. The Morgan fingerprint density at radius 3 is 2.60 bits per heavy atom. The van der Waals surface area contributed by atoms with E-state index in [9.17, 15) is 4.79 Å². The van der Waals surface area contributed by atoms with Crippen LogP contribution in [0.1, 0.15) is 54.3 Å². The number of hydrogen-bond donors (Lipinski definition) is 1. The van der Waals surface area contributed by atoms with E-state index in [4.69, 9.17) is 8.83 Å². The van der Waals surface area contributed by atoms with Gasteiger partial charge < -0.3 is 13.8 Å². The first-order valence-electron chi connectivity index (χ1n) is 11.8. The number of pyridine rings is 1. The highest BCUT2D eigenvalue weighted by Gasteiger charge is 2.27. The standard InChI is InChI=1S/C26H28N6O3/c1-3-6-24(25-28-29-30-32(25)17-22-8-5-12-35-22)31(16-21-7-4-11-34-21)15-20-14-19-13-18(2)9-10-23(19)27-26(20)33/h4-5,7-14,24H,3,6,15-17H2,1-2H3,(H,27,33)/t24-/m0/s1. The molecule has 0 aliphatic rings. The summed E-state index contributed by atoms with van der Waals surface area (Å²) in [5, 5.41) is 13.6. The lowest BCUT2D eigenvalue weighted by molar-refractivity contribution is 0.144. The van der Waals surface area contributed by atoms with Gasteiger partial charge in [0.25, 0.3) is 5.56 Å². The number of tetrazole rings is 1. The number of rotatable bonds is 10. The minimum absolute atomic E-state index is 0.101. The first-order chi connectivity index (χ1) is 17.1. The van der Waals surface area contributed by atoms with E-state index < -0.39 is 0 Å². The number of aromatic nitrogens is 5. The molecule has 0 aliphatic heterocycles. The highest BCUT2D eigenvalue weighted by Crippen LogP contribution is 2.28. The third-order valence-electron chi connectivity index (χ3n) is 6.14. The molecule has 0 spiro atoms. The largest absolute Gasteiger partial charge is 0.468 e. The van der Waals surface area contributed by atoms with Gasteiger partial charge in [-0.15, -0.1) is 5.10 Å². The van der Waals surface area contributed by atoms with Crippen LogP contribution in [0.3, 0.4) is 0 Å². The highest BCUT2D eigenvalue weighted by atomic mass is 16.3. The van der Waals surface area contributed by atoms with Crippen LogP contribution in [-0.4, -0.2) is 30.1 Å². The molecule has 0 radical (unpaired) electrons. The topological polar surface area (TPSA) is 106 Å². The molecule has 1 aromatic carbocycles. The second-order valence-electron chi connectivity index (χ2n) is 8.78. The van der Waals surface area contributed by atoms with Crippen molar-refractivity contribution in [3.63, 3.8) is 0 Å². The molecule has 9 heteroatoms. The molecule has 0 aliphatic carbocycles. The van der Waals surface area contributed by atoms with Gasteiger partial charge in [-0.2, -0.15) is 0 Å². The molecule has 4 heterocycles. The number of fused-ring (bicyclic) bond motifs is 1.